The van der Waals surface area contributed by atoms with Gasteiger partial charge in [0.1, 0.15) is 0 Å². The van der Waals surface area contributed by atoms with E-state index in [1.807, 2.05) is 0 Å². The maximum absolute atomic E-state index is 2.62. The Kier molecular flexibility index (Phi) is 9.58. The van der Waals surface area contributed by atoms with Gasteiger partial charge in [0.2, 0.25) is 0 Å². The molecule has 52 heavy (non-hydrogen) atoms. The van der Waals surface area contributed by atoms with Gasteiger partial charge in [-0.2, -0.15) is 0 Å². The van der Waals surface area contributed by atoms with E-state index in [0.29, 0.717) is 22.2 Å². The monoisotopic (exact) mass is 716 g/mol. The van der Waals surface area contributed by atoms with Gasteiger partial charge in [-0.05, 0) is 121 Å². The standard InChI is InChI=1S/C26H32Si.C24H28Si/c1-7-19-11-9-13-21-23(19)15-17(3)25(21)27(5,6)26-18(4)16-24-20(8-2)12-10-14-22(24)26;1-15-9-7-11-19-21(15)13-17(3)23(19)25(5,6)24-18(4)14-22-16(2)10-8-12-20(22)24/h9-16,25-26H,7-8H2,1-6H3;7-14,23-24H,1-6H3. The molecule has 4 aromatic carbocycles. The van der Waals surface area contributed by atoms with E-state index < -0.39 is 16.1 Å². The zero-order chi connectivity index (χ0) is 37.3. The summed E-state index contributed by atoms with van der Waals surface area (Å²) in [5, 5.41) is 0. The Morgan fingerprint density at radius 3 is 0.962 bits per heavy atom. The molecule has 0 saturated carbocycles. The molecule has 0 heterocycles. The molecular weight excluding hydrogens is 657 g/mol. The number of benzene rings is 4. The fourth-order valence-corrected chi connectivity index (χ4v) is 21.5. The maximum atomic E-state index is 2.62. The van der Waals surface area contributed by atoms with Gasteiger partial charge >= 0.3 is 0 Å². The van der Waals surface area contributed by atoms with Crippen molar-refractivity contribution in [2.75, 3.05) is 0 Å². The lowest BCUT2D eigenvalue weighted by Gasteiger charge is -2.39. The van der Waals surface area contributed by atoms with Crippen LogP contribution in [0, 0.1) is 13.8 Å². The molecule has 4 aromatic rings. The lowest BCUT2D eigenvalue weighted by Crippen LogP contribution is -2.42. The predicted molar refractivity (Wildman–Crippen MR) is 235 cm³/mol. The summed E-state index contributed by atoms with van der Waals surface area (Å²) in [7, 11) is -3.32. The topological polar surface area (TPSA) is 0 Å². The molecule has 0 spiro atoms. The molecule has 0 radical (unpaired) electrons. The number of hydrogen-bond donors (Lipinski definition) is 0. The smallest absolute Gasteiger partial charge is 0.0679 e. The van der Waals surface area contributed by atoms with E-state index in [1.54, 1.807) is 44.5 Å². The van der Waals surface area contributed by atoms with Crippen molar-refractivity contribution in [2.45, 2.75) is 117 Å². The lowest BCUT2D eigenvalue weighted by molar-refractivity contribution is 0.962. The van der Waals surface area contributed by atoms with Gasteiger partial charge in [0.05, 0.1) is 16.1 Å². The van der Waals surface area contributed by atoms with Gasteiger partial charge < -0.3 is 0 Å². The third kappa shape index (κ3) is 5.76. The third-order valence-electron chi connectivity index (χ3n) is 13.5. The first-order valence-electron chi connectivity index (χ1n) is 19.9. The zero-order valence-electron chi connectivity index (χ0n) is 34.0. The van der Waals surface area contributed by atoms with E-state index in [9.17, 15) is 0 Å². The highest BCUT2D eigenvalue weighted by Crippen LogP contribution is 2.54. The van der Waals surface area contributed by atoms with Crippen molar-refractivity contribution in [1.82, 2.24) is 0 Å². The van der Waals surface area contributed by atoms with E-state index in [0.717, 1.165) is 12.8 Å². The highest BCUT2D eigenvalue weighted by molar-refractivity contribution is 6.82. The average molecular weight is 717 g/mol. The molecule has 4 unspecified atom stereocenters. The lowest BCUT2D eigenvalue weighted by atomic mass is 10.0. The summed E-state index contributed by atoms with van der Waals surface area (Å²) < 4.78 is 0. The Labute approximate surface area is 317 Å². The van der Waals surface area contributed by atoms with E-state index >= 15 is 0 Å². The second-order valence-electron chi connectivity index (χ2n) is 17.6. The summed E-state index contributed by atoms with van der Waals surface area (Å²) >= 11 is 0. The van der Waals surface area contributed by atoms with Crippen LogP contribution in [0.2, 0.25) is 26.2 Å². The molecule has 0 saturated heterocycles. The molecule has 0 fully saturated rings. The van der Waals surface area contributed by atoms with Crippen LogP contribution < -0.4 is 0 Å². The molecule has 0 bridgehead atoms. The Bertz CT molecular complexity index is 2050. The average Bonchev–Trinajstić information content (AvgIpc) is 3.84. The highest BCUT2D eigenvalue weighted by Gasteiger charge is 2.48. The predicted octanol–water partition coefficient (Wildman–Crippen LogP) is 14.1. The van der Waals surface area contributed by atoms with Crippen molar-refractivity contribution < 1.29 is 0 Å². The van der Waals surface area contributed by atoms with Crippen LogP contribution in [0.25, 0.3) is 24.3 Å². The summed E-state index contributed by atoms with van der Waals surface area (Å²) in [6, 6.07) is 27.7. The van der Waals surface area contributed by atoms with Crippen LogP contribution in [0.3, 0.4) is 0 Å². The van der Waals surface area contributed by atoms with Crippen molar-refractivity contribution in [1.29, 1.82) is 0 Å². The Morgan fingerprint density at radius 2 is 0.654 bits per heavy atom. The molecule has 0 amide bonds. The number of fused-ring (bicyclic) bond motifs is 4. The normalized spacial score (nSPS) is 21.3. The van der Waals surface area contributed by atoms with Crippen LogP contribution >= 0.6 is 0 Å². The summed E-state index contributed by atoms with van der Waals surface area (Å²) in [6.45, 7) is 29.0. The molecule has 4 aliphatic carbocycles. The van der Waals surface area contributed by atoms with Gasteiger partial charge in [-0.15, -0.1) is 0 Å². The summed E-state index contributed by atoms with van der Waals surface area (Å²) in [4.78, 5) is 0. The van der Waals surface area contributed by atoms with Crippen LogP contribution in [0.15, 0.2) is 95.1 Å². The fourth-order valence-electron chi connectivity index (χ4n) is 11.6. The Balaban J connectivity index is 0.000000162. The first kappa shape index (κ1) is 36.6. The van der Waals surface area contributed by atoms with Crippen molar-refractivity contribution >= 4 is 40.5 Å². The first-order valence-corrected chi connectivity index (χ1v) is 26.2. The second kappa shape index (κ2) is 13.6. The molecule has 0 aliphatic heterocycles. The van der Waals surface area contributed by atoms with Gasteiger partial charge in [0, 0.05) is 22.2 Å². The number of aryl methyl sites for hydroxylation is 4. The van der Waals surface area contributed by atoms with E-state index in [1.165, 1.54) is 44.5 Å². The maximum Gasteiger partial charge on any atom is 0.0722 e. The molecule has 0 N–H and O–H groups in total. The molecule has 4 atom stereocenters. The number of rotatable bonds is 6. The SMILES string of the molecule is CC1=Cc2c(C)cccc2C1[Si](C)(C)C1C(C)=Cc2c(C)cccc21.CCc1cccc2c1C=C(C)C2[Si](C)(C)C1C(C)=Cc2c(CC)cccc21. The van der Waals surface area contributed by atoms with Crippen LogP contribution in [0.4, 0.5) is 0 Å². The largest absolute Gasteiger partial charge is 0.0722 e. The van der Waals surface area contributed by atoms with Crippen LogP contribution in [-0.4, -0.2) is 16.1 Å². The fraction of sp³-hybridized carbons (Fsp3) is 0.360. The van der Waals surface area contributed by atoms with Crippen LogP contribution in [0.5, 0.6) is 0 Å². The molecule has 268 valence electrons. The second-order valence-corrected chi connectivity index (χ2v) is 27.2. The molecule has 4 aliphatic rings. The number of hydrogen-bond acceptors (Lipinski definition) is 0. The van der Waals surface area contributed by atoms with Gasteiger partial charge in [0.15, 0.2) is 0 Å². The summed E-state index contributed by atoms with van der Waals surface area (Å²) in [6.07, 6.45) is 12.1. The Morgan fingerprint density at radius 1 is 0.385 bits per heavy atom. The molecule has 8 rings (SSSR count). The zero-order valence-corrected chi connectivity index (χ0v) is 36.0. The van der Waals surface area contributed by atoms with Crippen molar-refractivity contribution in [3.63, 3.8) is 0 Å². The molecular formula is C50H60Si2. The van der Waals surface area contributed by atoms with Crippen molar-refractivity contribution in [2.24, 2.45) is 0 Å². The van der Waals surface area contributed by atoms with E-state index in [-0.39, 0.29) is 0 Å². The first-order chi connectivity index (χ1) is 24.7. The number of allylic oxidation sites excluding steroid dienone is 4. The van der Waals surface area contributed by atoms with Crippen molar-refractivity contribution in [3.05, 3.63) is 162 Å². The van der Waals surface area contributed by atoms with Crippen LogP contribution in [0.1, 0.15) is 130 Å². The van der Waals surface area contributed by atoms with E-state index in [2.05, 4.69) is 179 Å². The minimum absolute atomic E-state index is 0.613. The minimum Gasteiger partial charge on any atom is -0.0679 e. The van der Waals surface area contributed by atoms with Gasteiger partial charge in [-0.1, -0.05) is 159 Å². The molecule has 0 aromatic heterocycles. The van der Waals surface area contributed by atoms with Gasteiger partial charge in [-0.3, -0.25) is 0 Å². The van der Waals surface area contributed by atoms with Crippen molar-refractivity contribution in [3.8, 4) is 0 Å². The highest BCUT2D eigenvalue weighted by atomic mass is 28.3. The third-order valence-corrected chi connectivity index (χ3v) is 22.5. The van der Waals surface area contributed by atoms with E-state index in [4.69, 9.17) is 0 Å². The molecule has 2 heteroatoms. The quantitative estimate of drug-likeness (QED) is 0.174. The van der Waals surface area contributed by atoms with Gasteiger partial charge in [-0.25, -0.2) is 0 Å². The van der Waals surface area contributed by atoms with Gasteiger partial charge in [0.25, 0.3) is 0 Å². The van der Waals surface area contributed by atoms with Crippen LogP contribution in [-0.2, 0) is 12.8 Å². The summed E-state index contributed by atoms with van der Waals surface area (Å²) in [5.74, 6) is 0. The Hall–Kier alpha value is -3.73. The molecule has 0 nitrogen and oxygen atoms in total. The minimum atomic E-state index is -1.67. The summed E-state index contributed by atoms with van der Waals surface area (Å²) in [5.41, 5.74) is 26.9.